The van der Waals surface area contributed by atoms with E-state index in [2.05, 4.69) is 5.32 Å². The molecule has 1 rings (SSSR count). The van der Waals surface area contributed by atoms with Crippen LogP contribution in [-0.4, -0.2) is 50.6 Å². The first kappa shape index (κ1) is 17.4. The van der Waals surface area contributed by atoms with Crippen LogP contribution in [0.15, 0.2) is 0 Å². The van der Waals surface area contributed by atoms with Crippen molar-refractivity contribution in [3.63, 3.8) is 0 Å². The van der Waals surface area contributed by atoms with Crippen LogP contribution in [0.2, 0.25) is 0 Å². The minimum absolute atomic E-state index is 0.0557. The Morgan fingerprint density at radius 2 is 1.90 bits per heavy atom. The van der Waals surface area contributed by atoms with Crippen LogP contribution in [0.25, 0.3) is 0 Å². The fourth-order valence-electron chi connectivity index (χ4n) is 2.21. The van der Waals surface area contributed by atoms with E-state index in [1.54, 1.807) is 6.92 Å². The second-order valence-corrected chi connectivity index (χ2v) is 9.43. The molecule has 3 atom stereocenters. The highest BCUT2D eigenvalue weighted by atomic mass is 32.2. The minimum Gasteiger partial charge on any atom is -0.353 e. The number of rotatable bonds is 6. The van der Waals surface area contributed by atoms with E-state index in [4.69, 9.17) is 4.55 Å². The van der Waals surface area contributed by atoms with Gasteiger partial charge in [0.15, 0.2) is 0 Å². The van der Waals surface area contributed by atoms with E-state index in [-0.39, 0.29) is 30.5 Å². The van der Waals surface area contributed by atoms with Crippen molar-refractivity contribution in [3.05, 3.63) is 0 Å². The summed E-state index contributed by atoms with van der Waals surface area (Å²) in [6.45, 7) is 1.63. The smallest absolute Gasteiger partial charge is 0.267 e. The van der Waals surface area contributed by atoms with Gasteiger partial charge in [-0.15, -0.1) is 0 Å². The van der Waals surface area contributed by atoms with Gasteiger partial charge in [-0.25, -0.2) is 8.42 Å². The van der Waals surface area contributed by atoms with Gasteiger partial charge in [0, 0.05) is 18.2 Å². The fourth-order valence-corrected chi connectivity index (χ4v) is 3.90. The van der Waals surface area contributed by atoms with Gasteiger partial charge in [0.05, 0.1) is 11.0 Å². The molecule has 20 heavy (non-hydrogen) atoms. The Morgan fingerprint density at radius 3 is 2.35 bits per heavy atom. The van der Waals surface area contributed by atoms with E-state index >= 15 is 0 Å². The van der Waals surface area contributed by atoms with E-state index < -0.39 is 31.1 Å². The molecule has 0 aliphatic heterocycles. The third kappa shape index (κ3) is 5.76. The zero-order valence-corrected chi connectivity index (χ0v) is 13.2. The fraction of sp³-hybridized carbons (Fsp3) is 0.909. The van der Waals surface area contributed by atoms with Gasteiger partial charge in [0.2, 0.25) is 5.91 Å². The minimum atomic E-state index is -4.05. The number of hydrogen-bond acceptors (Lipinski definition) is 5. The van der Waals surface area contributed by atoms with Crippen LogP contribution in [0.5, 0.6) is 0 Å². The van der Waals surface area contributed by atoms with E-state index in [0.29, 0.717) is 12.8 Å². The zero-order valence-electron chi connectivity index (χ0n) is 11.6. The van der Waals surface area contributed by atoms with Crippen LogP contribution in [0.1, 0.15) is 32.6 Å². The number of nitrogens with one attached hydrogen (secondary N) is 1. The lowest BCUT2D eigenvalue weighted by atomic mass is 10.1. The molecule has 1 amide bonds. The molecule has 0 heterocycles. The van der Waals surface area contributed by atoms with Gasteiger partial charge in [-0.3, -0.25) is 9.35 Å². The van der Waals surface area contributed by atoms with Crippen molar-refractivity contribution in [3.8, 4) is 0 Å². The second kappa shape index (κ2) is 6.40. The van der Waals surface area contributed by atoms with Crippen molar-refractivity contribution in [2.75, 3.05) is 12.0 Å². The third-order valence-corrected chi connectivity index (χ3v) is 5.77. The molecule has 0 aromatic heterocycles. The van der Waals surface area contributed by atoms with E-state index in [1.807, 2.05) is 0 Å². The maximum absolute atomic E-state index is 11.9. The van der Waals surface area contributed by atoms with Crippen molar-refractivity contribution in [2.45, 2.75) is 43.9 Å². The molecule has 118 valence electrons. The molecule has 0 spiro atoms. The van der Waals surface area contributed by atoms with Gasteiger partial charge in [-0.1, -0.05) is 6.92 Å². The standard InChI is InChI=1S/C11H21NO6S2/c1-8(5-6-19(2,14)15)11(13)12-9-3-4-10(7-9)20(16,17)18/h8-10H,3-7H2,1-2H3,(H,12,13)(H,16,17,18)/t8-,9?,10?/m0/s1. The summed E-state index contributed by atoms with van der Waals surface area (Å²) in [6.07, 6.45) is 2.37. The first-order valence-electron chi connectivity index (χ1n) is 6.43. The first-order chi connectivity index (χ1) is 8.99. The van der Waals surface area contributed by atoms with Gasteiger partial charge < -0.3 is 5.32 Å². The topological polar surface area (TPSA) is 118 Å². The van der Waals surface area contributed by atoms with Crippen molar-refractivity contribution in [1.29, 1.82) is 0 Å². The summed E-state index contributed by atoms with van der Waals surface area (Å²) in [5, 5.41) is 1.89. The molecule has 1 fully saturated rings. The highest BCUT2D eigenvalue weighted by Gasteiger charge is 2.34. The number of amides is 1. The molecule has 0 radical (unpaired) electrons. The summed E-state index contributed by atoms with van der Waals surface area (Å²) in [5.41, 5.74) is 0. The molecular weight excluding hydrogens is 306 g/mol. The molecule has 1 aliphatic carbocycles. The number of carbonyl (C=O) groups excluding carboxylic acids is 1. The average Bonchev–Trinajstić information content (AvgIpc) is 2.72. The molecule has 2 N–H and O–H groups in total. The van der Waals surface area contributed by atoms with E-state index in [1.165, 1.54) is 0 Å². The number of hydrogen-bond donors (Lipinski definition) is 2. The summed E-state index contributed by atoms with van der Waals surface area (Å²) in [5.74, 6) is -0.788. The van der Waals surface area contributed by atoms with Crippen molar-refractivity contribution in [1.82, 2.24) is 5.32 Å². The Hall–Kier alpha value is -0.670. The summed E-state index contributed by atoms with van der Waals surface area (Å²) < 4.78 is 53.0. The number of carbonyl (C=O) groups is 1. The monoisotopic (exact) mass is 327 g/mol. The van der Waals surface area contributed by atoms with Crippen LogP contribution < -0.4 is 5.32 Å². The Kier molecular flexibility index (Phi) is 5.56. The Labute approximate surface area is 119 Å². The second-order valence-electron chi connectivity index (χ2n) is 5.48. The SMILES string of the molecule is C[C@@H](CCS(C)(=O)=O)C(=O)NC1CCC(S(=O)(=O)O)C1. The maximum atomic E-state index is 11.9. The summed E-state index contributed by atoms with van der Waals surface area (Å²) in [4.78, 5) is 11.9. The van der Waals surface area contributed by atoms with Gasteiger partial charge >= 0.3 is 0 Å². The van der Waals surface area contributed by atoms with Gasteiger partial charge in [0.25, 0.3) is 10.1 Å². The highest BCUT2D eigenvalue weighted by molar-refractivity contribution is 7.90. The quantitative estimate of drug-likeness (QED) is 0.662. The van der Waals surface area contributed by atoms with Crippen molar-refractivity contribution >= 4 is 25.9 Å². The summed E-state index contributed by atoms with van der Waals surface area (Å²) in [7, 11) is -7.15. The average molecular weight is 327 g/mol. The third-order valence-electron chi connectivity index (χ3n) is 3.52. The molecule has 1 saturated carbocycles. The molecule has 0 saturated heterocycles. The molecule has 0 aromatic rings. The highest BCUT2D eigenvalue weighted by Crippen LogP contribution is 2.25. The van der Waals surface area contributed by atoms with Crippen LogP contribution >= 0.6 is 0 Å². The Bertz CT molecular complexity index is 553. The molecule has 0 bridgehead atoms. The van der Waals surface area contributed by atoms with Crippen molar-refractivity contribution < 1.29 is 26.2 Å². The van der Waals surface area contributed by atoms with Crippen LogP contribution in [0.3, 0.4) is 0 Å². The largest absolute Gasteiger partial charge is 0.353 e. The molecule has 0 aromatic carbocycles. The van der Waals surface area contributed by atoms with Gasteiger partial charge in [-0.05, 0) is 25.7 Å². The van der Waals surface area contributed by atoms with Crippen LogP contribution in [-0.2, 0) is 24.7 Å². The van der Waals surface area contributed by atoms with Crippen LogP contribution in [0.4, 0.5) is 0 Å². The zero-order chi connectivity index (χ0) is 15.6. The molecular formula is C11H21NO6S2. The first-order valence-corrected chi connectivity index (χ1v) is 10.00. The van der Waals surface area contributed by atoms with Crippen molar-refractivity contribution in [2.24, 2.45) is 5.92 Å². The van der Waals surface area contributed by atoms with E-state index in [0.717, 1.165) is 6.26 Å². The molecule has 9 heteroatoms. The van der Waals surface area contributed by atoms with Gasteiger partial charge in [-0.2, -0.15) is 8.42 Å². The molecule has 1 aliphatic rings. The van der Waals surface area contributed by atoms with E-state index in [9.17, 15) is 21.6 Å². The lowest BCUT2D eigenvalue weighted by Gasteiger charge is -2.16. The Morgan fingerprint density at radius 1 is 1.30 bits per heavy atom. The molecule has 2 unspecified atom stereocenters. The Balaban J connectivity index is 2.44. The normalized spacial score (nSPS) is 25.4. The lowest BCUT2D eigenvalue weighted by Crippen LogP contribution is -2.37. The van der Waals surface area contributed by atoms with Crippen LogP contribution in [0, 0.1) is 5.92 Å². The summed E-state index contributed by atoms with van der Waals surface area (Å²) in [6, 6.07) is -0.282. The van der Waals surface area contributed by atoms with Gasteiger partial charge in [0.1, 0.15) is 9.84 Å². The predicted octanol–water partition coefficient (Wildman–Crippen LogP) is -0.0177. The number of sulfone groups is 1. The lowest BCUT2D eigenvalue weighted by molar-refractivity contribution is -0.125. The maximum Gasteiger partial charge on any atom is 0.267 e. The summed E-state index contributed by atoms with van der Waals surface area (Å²) >= 11 is 0. The molecule has 7 nitrogen and oxygen atoms in total. The predicted molar refractivity (Wildman–Crippen MR) is 74.6 cm³/mol.